The van der Waals surface area contributed by atoms with Gasteiger partial charge in [-0.3, -0.25) is 4.90 Å². The molecule has 2 N–H and O–H groups in total. The minimum atomic E-state index is -4.50. The summed E-state index contributed by atoms with van der Waals surface area (Å²) in [6.45, 7) is 4.91. The molecule has 2 aromatic heterocycles. The predicted octanol–water partition coefficient (Wildman–Crippen LogP) is 2.86. The first-order valence-corrected chi connectivity index (χ1v) is 15.3. The first kappa shape index (κ1) is 27.2. The summed E-state index contributed by atoms with van der Waals surface area (Å²) in [5.74, 6) is 0.913. The van der Waals surface area contributed by atoms with E-state index in [-0.39, 0.29) is 17.7 Å². The molecule has 2 saturated heterocycles. The number of piperidine rings is 1. The van der Waals surface area contributed by atoms with E-state index in [9.17, 15) is 26.7 Å². The summed E-state index contributed by atoms with van der Waals surface area (Å²) in [4.78, 5) is 13.9. The summed E-state index contributed by atoms with van der Waals surface area (Å²) in [5.41, 5.74) is -0.824. The lowest BCUT2D eigenvalue weighted by molar-refractivity contribution is -0.137. The van der Waals surface area contributed by atoms with Crippen molar-refractivity contribution in [1.82, 2.24) is 24.6 Å². The molecule has 3 aromatic rings. The largest absolute Gasteiger partial charge is 0.416 e. The Morgan fingerprint density at radius 2 is 1.82 bits per heavy atom. The number of likely N-dealkylation sites (tertiary alicyclic amines) is 1. The summed E-state index contributed by atoms with van der Waals surface area (Å²) in [6, 6.07) is 5.11. The highest BCUT2D eigenvalue weighted by Crippen LogP contribution is 2.35. The lowest BCUT2D eigenvalue weighted by Gasteiger charge is -2.49. The smallest absolute Gasteiger partial charge is 0.390 e. The van der Waals surface area contributed by atoms with E-state index in [0.29, 0.717) is 48.8 Å². The molecule has 2 aliphatic heterocycles. The molecule has 0 bridgehead atoms. The Bertz CT molecular complexity index is 1520. The van der Waals surface area contributed by atoms with Crippen molar-refractivity contribution < 1.29 is 26.7 Å². The van der Waals surface area contributed by atoms with Crippen molar-refractivity contribution in [2.24, 2.45) is 0 Å². The summed E-state index contributed by atoms with van der Waals surface area (Å²) >= 11 is 0. The molecule has 3 fully saturated rings. The fourth-order valence-corrected chi connectivity index (χ4v) is 6.81. The van der Waals surface area contributed by atoms with Crippen LogP contribution in [0.1, 0.15) is 38.2 Å². The van der Waals surface area contributed by atoms with Crippen molar-refractivity contribution in [1.29, 1.82) is 0 Å². The van der Waals surface area contributed by atoms with E-state index < -0.39 is 32.4 Å². The normalized spacial score (nSPS) is 24.1. The predicted molar refractivity (Wildman–Crippen MR) is 144 cm³/mol. The van der Waals surface area contributed by atoms with E-state index in [1.807, 2.05) is 6.92 Å². The van der Waals surface area contributed by atoms with Gasteiger partial charge in [-0.2, -0.15) is 28.2 Å². The van der Waals surface area contributed by atoms with Gasteiger partial charge >= 0.3 is 6.18 Å². The van der Waals surface area contributed by atoms with Gasteiger partial charge in [-0.1, -0.05) is 6.07 Å². The Labute approximate surface area is 230 Å². The van der Waals surface area contributed by atoms with Gasteiger partial charge in [0.2, 0.25) is 5.95 Å². The van der Waals surface area contributed by atoms with Crippen molar-refractivity contribution in [3.8, 4) is 5.69 Å². The second kappa shape index (κ2) is 9.55. The van der Waals surface area contributed by atoms with Gasteiger partial charge in [-0.05, 0) is 50.8 Å². The quantitative estimate of drug-likeness (QED) is 0.455. The van der Waals surface area contributed by atoms with Crippen LogP contribution in [0.15, 0.2) is 30.5 Å². The minimum absolute atomic E-state index is 0.125. The molecular formula is C26H32F3N7O3S. The summed E-state index contributed by atoms with van der Waals surface area (Å²) in [5, 5.41) is 18.1. The van der Waals surface area contributed by atoms with Gasteiger partial charge in [-0.25, -0.2) is 13.1 Å². The molecule has 6 rings (SSSR count). The van der Waals surface area contributed by atoms with Crippen molar-refractivity contribution in [2.45, 2.75) is 61.7 Å². The van der Waals surface area contributed by atoms with Gasteiger partial charge in [0.15, 0.2) is 5.65 Å². The number of aliphatic hydroxyl groups is 1. The number of nitrogens with zero attached hydrogens (tertiary/aromatic N) is 6. The highest BCUT2D eigenvalue weighted by Gasteiger charge is 2.39. The Morgan fingerprint density at radius 1 is 1.12 bits per heavy atom. The molecule has 10 nitrogen and oxygen atoms in total. The van der Waals surface area contributed by atoms with Crippen LogP contribution in [-0.4, -0.2) is 93.5 Å². The molecule has 1 aliphatic carbocycles. The molecule has 0 amide bonds. The number of halogens is 3. The van der Waals surface area contributed by atoms with Crippen LogP contribution in [0.3, 0.4) is 0 Å². The number of alkyl halides is 3. The van der Waals surface area contributed by atoms with Gasteiger partial charge in [0.1, 0.15) is 15.7 Å². The van der Waals surface area contributed by atoms with Gasteiger partial charge in [-0.15, -0.1) is 0 Å². The maximum absolute atomic E-state index is 13.4. The third-order valence-corrected chi connectivity index (χ3v) is 10.0. The monoisotopic (exact) mass is 579 g/mol. The molecule has 3 aliphatic rings. The minimum Gasteiger partial charge on any atom is -0.390 e. The van der Waals surface area contributed by atoms with Crippen molar-refractivity contribution >= 4 is 32.6 Å². The van der Waals surface area contributed by atoms with E-state index in [1.165, 1.54) is 17.0 Å². The van der Waals surface area contributed by atoms with Gasteiger partial charge in [0.05, 0.1) is 33.7 Å². The van der Waals surface area contributed by atoms with Crippen LogP contribution in [-0.2, 0) is 16.0 Å². The topological polar surface area (TPSA) is 116 Å². The lowest BCUT2D eigenvalue weighted by atomic mass is 9.91. The van der Waals surface area contributed by atoms with E-state index in [2.05, 4.69) is 25.2 Å². The maximum Gasteiger partial charge on any atom is 0.416 e. The molecule has 0 unspecified atom stereocenters. The van der Waals surface area contributed by atoms with E-state index in [4.69, 9.17) is 4.98 Å². The number of sulfone groups is 1. The molecular weight excluding hydrogens is 547 g/mol. The number of hydrogen-bond acceptors (Lipinski definition) is 9. The van der Waals surface area contributed by atoms with Crippen LogP contribution in [0.2, 0.25) is 0 Å². The molecule has 40 heavy (non-hydrogen) atoms. The standard InChI is InChI=1S/C26H32F3N7O3S/c1-25(37)6-8-34(9-7-25)19-14-35(15-19)22-21-13-30-36(18-5-3-4-16(10-18)26(27,28)29)23(21)33-24(32-22)31-17-11-20(12-17)40(2,38)39/h3-5,10,13,17,19-20,37H,6-9,11-12,14-15H2,1-2H3,(H,31,32,33). The number of aromatic nitrogens is 4. The lowest BCUT2D eigenvalue weighted by Crippen LogP contribution is -2.62. The number of rotatable bonds is 6. The van der Waals surface area contributed by atoms with Crippen molar-refractivity contribution in [3.63, 3.8) is 0 Å². The summed E-state index contributed by atoms with van der Waals surface area (Å²) < 4.78 is 65.4. The molecule has 0 radical (unpaired) electrons. The van der Waals surface area contributed by atoms with Gasteiger partial charge < -0.3 is 15.3 Å². The molecule has 0 spiro atoms. The first-order chi connectivity index (χ1) is 18.8. The molecule has 1 saturated carbocycles. The SMILES string of the molecule is CC1(O)CCN(C2CN(c3nc(NC4CC(S(C)(=O)=O)C4)nc4c3cnn4-c3cccc(C(F)(F)F)c3)C2)CC1. The van der Waals surface area contributed by atoms with Crippen LogP contribution in [0, 0.1) is 0 Å². The fourth-order valence-electron chi connectivity index (χ4n) is 5.65. The second-order valence-corrected chi connectivity index (χ2v) is 13.9. The van der Waals surface area contributed by atoms with Crippen LogP contribution < -0.4 is 10.2 Å². The van der Waals surface area contributed by atoms with E-state index in [0.717, 1.165) is 38.1 Å². The number of nitrogens with one attached hydrogen (secondary N) is 1. The van der Waals surface area contributed by atoms with Crippen LogP contribution in [0.5, 0.6) is 0 Å². The first-order valence-electron chi connectivity index (χ1n) is 13.4. The number of fused-ring (bicyclic) bond motifs is 1. The molecule has 4 heterocycles. The molecule has 14 heteroatoms. The Kier molecular flexibility index (Phi) is 6.50. The average Bonchev–Trinajstić information content (AvgIpc) is 3.24. The highest BCUT2D eigenvalue weighted by atomic mass is 32.2. The number of benzene rings is 1. The molecule has 0 atom stereocenters. The van der Waals surface area contributed by atoms with Gasteiger partial charge in [0.25, 0.3) is 0 Å². The van der Waals surface area contributed by atoms with E-state index in [1.54, 1.807) is 12.3 Å². The Morgan fingerprint density at radius 3 is 2.48 bits per heavy atom. The third-order valence-electron chi connectivity index (χ3n) is 8.41. The number of anilines is 2. The van der Waals surface area contributed by atoms with Gasteiger partial charge in [0, 0.05) is 44.5 Å². The highest BCUT2D eigenvalue weighted by molar-refractivity contribution is 7.91. The zero-order valence-electron chi connectivity index (χ0n) is 22.3. The maximum atomic E-state index is 13.4. The molecule has 1 aromatic carbocycles. The van der Waals surface area contributed by atoms with Crippen LogP contribution in [0.25, 0.3) is 16.7 Å². The number of hydrogen-bond donors (Lipinski definition) is 2. The summed E-state index contributed by atoms with van der Waals surface area (Å²) in [7, 11) is -3.13. The molecule has 216 valence electrons. The second-order valence-electron chi connectivity index (χ2n) is 11.6. The Hall–Kier alpha value is -2.97. The fraction of sp³-hybridized carbons (Fsp3) is 0.577. The van der Waals surface area contributed by atoms with Crippen molar-refractivity contribution in [3.05, 3.63) is 36.0 Å². The Balaban J connectivity index is 1.30. The van der Waals surface area contributed by atoms with Crippen molar-refractivity contribution in [2.75, 3.05) is 42.7 Å². The third kappa shape index (κ3) is 5.23. The van der Waals surface area contributed by atoms with Crippen LogP contribution in [0.4, 0.5) is 24.9 Å². The van der Waals surface area contributed by atoms with Crippen LogP contribution >= 0.6 is 0 Å². The van der Waals surface area contributed by atoms with E-state index >= 15 is 0 Å². The zero-order valence-corrected chi connectivity index (χ0v) is 23.1. The zero-order chi connectivity index (χ0) is 28.4. The average molecular weight is 580 g/mol. The summed E-state index contributed by atoms with van der Waals surface area (Å²) in [6.07, 6.45) is 0.611.